The second-order valence-corrected chi connectivity index (χ2v) is 5.78. The Balaban J connectivity index is 1.84. The summed E-state index contributed by atoms with van der Waals surface area (Å²) in [5.41, 5.74) is 9.60. The van der Waals surface area contributed by atoms with Crippen molar-refractivity contribution >= 4 is 11.6 Å². The first-order valence-electron chi connectivity index (χ1n) is 7.07. The average molecular weight is 288 g/mol. The number of halogens is 1. The van der Waals surface area contributed by atoms with Gasteiger partial charge in [0.15, 0.2) is 0 Å². The van der Waals surface area contributed by atoms with Gasteiger partial charge in [-0.25, -0.2) is 9.97 Å². The van der Waals surface area contributed by atoms with Crippen molar-refractivity contribution in [1.29, 1.82) is 0 Å². The van der Waals surface area contributed by atoms with Crippen LogP contribution in [0.15, 0.2) is 30.5 Å². The third-order valence-electron chi connectivity index (χ3n) is 3.80. The summed E-state index contributed by atoms with van der Waals surface area (Å²) in [5, 5.41) is 0.752. The zero-order chi connectivity index (χ0) is 13.9. The molecule has 1 heterocycles. The van der Waals surface area contributed by atoms with Crippen LogP contribution in [0.5, 0.6) is 0 Å². The van der Waals surface area contributed by atoms with Gasteiger partial charge in [-0.05, 0) is 37.0 Å². The third kappa shape index (κ3) is 3.00. The lowest BCUT2D eigenvalue weighted by Crippen LogP contribution is -2.13. The normalized spacial score (nSPS) is 18.4. The van der Waals surface area contributed by atoms with E-state index in [4.69, 9.17) is 22.3 Å². The van der Waals surface area contributed by atoms with E-state index in [2.05, 4.69) is 4.98 Å². The first kappa shape index (κ1) is 13.5. The Morgan fingerprint density at radius 3 is 2.80 bits per heavy atom. The van der Waals surface area contributed by atoms with Crippen LogP contribution in [-0.4, -0.2) is 9.97 Å². The van der Waals surface area contributed by atoms with Crippen molar-refractivity contribution in [2.24, 2.45) is 5.73 Å². The van der Waals surface area contributed by atoms with E-state index in [1.165, 1.54) is 12.0 Å². The number of aryl methyl sites for hydroxylation is 1. The van der Waals surface area contributed by atoms with E-state index in [0.717, 1.165) is 47.8 Å². The molecule has 0 radical (unpaired) electrons. The molecule has 0 spiro atoms. The van der Waals surface area contributed by atoms with Gasteiger partial charge in [-0.15, -0.1) is 0 Å². The molecule has 0 saturated carbocycles. The zero-order valence-electron chi connectivity index (χ0n) is 11.3. The standard InChI is InChI=1S/C16H18ClN3/c17-12-7-5-11(6-8-12)9-16-19-10-13-14(18)3-1-2-4-15(13)20-16/h5-8,10,14H,1-4,9,18H2. The van der Waals surface area contributed by atoms with Crippen molar-refractivity contribution in [2.45, 2.75) is 38.1 Å². The van der Waals surface area contributed by atoms with Crippen LogP contribution in [0.1, 0.15) is 47.9 Å². The molecule has 1 unspecified atom stereocenters. The maximum absolute atomic E-state index is 6.17. The Kier molecular flexibility index (Phi) is 3.99. The molecule has 2 aromatic rings. The second-order valence-electron chi connectivity index (χ2n) is 5.34. The number of benzene rings is 1. The molecule has 20 heavy (non-hydrogen) atoms. The largest absolute Gasteiger partial charge is 0.324 e. The molecular formula is C16H18ClN3. The van der Waals surface area contributed by atoms with E-state index >= 15 is 0 Å². The lowest BCUT2D eigenvalue weighted by atomic mass is 10.1. The molecule has 4 heteroatoms. The lowest BCUT2D eigenvalue weighted by molar-refractivity contribution is 0.614. The van der Waals surface area contributed by atoms with Crippen molar-refractivity contribution in [3.63, 3.8) is 0 Å². The number of rotatable bonds is 2. The number of nitrogens with zero attached hydrogens (tertiary/aromatic N) is 2. The molecule has 2 N–H and O–H groups in total. The van der Waals surface area contributed by atoms with Gasteiger partial charge < -0.3 is 5.73 Å². The van der Waals surface area contributed by atoms with Gasteiger partial charge in [-0.1, -0.05) is 30.2 Å². The first-order valence-corrected chi connectivity index (χ1v) is 7.45. The van der Waals surface area contributed by atoms with E-state index in [9.17, 15) is 0 Å². The van der Waals surface area contributed by atoms with Gasteiger partial charge in [-0.2, -0.15) is 0 Å². The molecule has 1 atom stereocenters. The van der Waals surface area contributed by atoms with E-state index < -0.39 is 0 Å². The van der Waals surface area contributed by atoms with Gasteiger partial charge in [0.1, 0.15) is 5.82 Å². The first-order chi connectivity index (χ1) is 9.72. The van der Waals surface area contributed by atoms with Crippen LogP contribution in [0.25, 0.3) is 0 Å². The lowest BCUT2D eigenvalue weighted by Gasteiger charge is -2.12. The van der Waals surface area contributed by atoms with Gasteiger partial charge in [0.25, 0.3) is 0 Å². The van der Waals surface area contributed by atoms with E-state index in [1.54, 1.807) is 0 Å². The van der Waals surface area contributed by atoms with Gasteiger partial charge in [-0.3, -0.25) is 0 Å². The summed E-state index contributed by atoms with van der Waals surface area (Å²) in [6.45, 7) is 0. The Hall–Kier alpha value is -1.45. The fourth-order valence-electron chi connectivity index (χ4n) is 2.66. The van der Waals surface area contributed by atoms with Crippen molar-refractivity contribution in [2.75, 3.05) is 0 Å². The third-order valence-corrected chi connectivity index (χ3v) is 4.06. The molecule has 1 aliphatic rings. The molecule has 104 valence electrons. The highest BCUT2D eigenvalue weighted by molar-refractivity contribution is 6.30. The zero-order valence-corrected chi connectivity index (χ0v) is 12.1. The van der Waals surface area contributed by atoms with Crippen LogP contribution in [-0.2, 0) is 12.8 Å². The fourth-order valence-corrected chi connectivity index (χ4v) is 2.79. The van der Waals surface area contributed by atoms with Gasteiger partial charge in [0.05, 0.1) is 0 Å². The number of aromatic nitrogens is 2. The predicted octanol–water partition coefficient (Wildman–Crippen LogP) is 3.45. The van der Waals surface area contributed by atoms with E-state index in [-0.39, 0.29) is 6.04 Å². The second kappa shape index (κ2) is 5.90. The minimum atomic E-state index is 0.0945. The summed E-state index contributed by atoms with van der Waals surface area (Å²) >= 11 is 5.90. The van der Waals surface area contributed by atoms with Crippen molar-refractivity contribution in [1.82, 2.24) is 9.97 Å². The van der Waals surface area contributed by atoms with Crippen LogP contribution in [0.4, 0.5) is 0 Å². The Labute approximate surface area is 124 Å². The highest BCUT2D eigenvalue weighted by Crippen LogP contribution is 2.25. The number of nitrogens with two attached hydrogens (primary N) is 1. The van der Waals surface area contributed by atoms with Crippen LogP contribution < -0.4 is 5.73 Å². The molecule has 3 nitrogen and oxygen atoms in total. The molecule has 0 fully saturated rings. The topological polar surface area (TPSA) is 51.8 Å². The van der Waals surface area contributed by atoms with Crippen LogP contribution in [0, 0.1) is 0 Å². The number of hydrogen-bond acceptors (Lipinski definition) is 3. The molecule has 0 saturated heterocycles. The monoisotopic (exact) mass is 287 g/mol. The van der Waals surface area contributed by atoms with Crippen LogP contribution in [0.2, 0.25) is 5.02 Å². The summed E-state index contributed by atoms with van der Waals surface area (Å²) in [4.78, 5) is 9.20. The van der Waals surface area contributed by atoms with Gasteiger partial charge in [0, 0.05) is 34.9 Å². The highest BCUT2D eigenvalue weighted by atomic mass is 35.5. The summed E-state index contributed by atoms with van der Waals surface area (Å²) in [6.07, 6.45) is 7.04. The minimum Gasteiger partial charge on any atom is -0.324 e. The summed E-state index contributed by atoms with van der Waals surface area (Å²) in [7, 11) is 0. The molecule has 1 aromatic carbocycles. The smallest absolute Gasteiger partial charge is 0.132 e. The Bertz CT molecular complexity index is 595. The van der Waals surface area contributed by atoms with Crippen LogP contribution in [0.3, 0.4) is 0 Å². The molecule has 1 aliphatic carbocycles. The van der Waals surface area contributed by atoms with Crippen molar-refractivity contribution < 1.29 is 0 Å². The van der Waals surface area contributed by atoms with E-state index in [1.807, 2.05) is 30.5 Å². The van der Waals surface area contributed by atoms with Crippen molar-refractivity contribution in [3.05, 3.63) is 58.1 Å². The number of fused-ring (bicyclic) bond motifs is 1. The molecule has 1 aromatic heterocycles. The van der Waals surface area contributed by atoms with Crippen molar-refractivity contribution in [3.8, 4) is 0 Å². The van der Waals surface area contributed by atoms with Gasteiger partial charge >= 0.3 is 0 Å². The fraction of sp³-hybridized carbons (Fsp3) is 0.375. The average Bonchev–Trinajstić information content (AvgIpc) is 2.63. The maximum Gasteiger partial charge on any atom is 0.132 e. The summed E-state index contributed by atoms with van der Waals surface area (Å²) in [6, 6.07) is 7.93. The summed E-state index contributed by atoms with van der Waals surface area (Å²) in [5.74, 6) is 0.861. The quantitative estimate of drug-likeness (QED) is 0.861. The summed E-state index contributed by atoms with van der Waals surface area (Å²) < 4.78 is 0. The molecule has 0 amide bonds. The van der Waals surface area contributed by atoms with E-state index in [0.29, 0.717) is 0 Å². The SMILES string of the molecule is NC1CCCCc2nc(Cc3ccc(Cl)cc3)ncc21. The molecule has 0 aliphatic heterocycles. The Morgan fingerprint density at radius 1 is 1.20 bits per heavy atom. The maximum atomic E-state index is 6.17. The predicted molar refractivity (Wildman–Crippen MR) is 80.8 cm³/mol. The molecule has 3 rings (SSSR count). The minimum absolute atomic E-state index is 0.0945. The van der Waals surface area contributed by atoms with Gasteiger partial charge in [0.2, 0.25) is 0 Å². The molecule has 0 bridgehead atoms. The number of hydrogen-bond donors (Lipinski definition) is 1. The molecular weight excluding hydrogens is 270 g/mol. The highest BCUT2D eigenvalue weighted by Gasteiger charge is 2.17. The Morgan fingerprint density at radius 2 is 2.00 bits per heavy atom. The van der Waals surface area contributed by atoms with Crippen LogP contribution >= 0.6 is 11.6 Å².